The predicted molar refractivity (Wildman–Crippen MR) is 81.1 cm³/mol. The van der Waals surface area contributed by atoms with Gasteiger partial charge in [0.2, 0.25) is 0 Å². The van der Waals surface area contributed by atoms with Crippen molar-refractivity contribution in [2.75, 3.05) is 0 Å². The van der Waals surface area contributed by atoms with E-state index in [1.165, 1.54) is 0 Å². The van der Waals surface area contributed by atoms with Crippen LogP contribution in [0.4, 0.5) is 0 Å². The van der Waals surface area contributed by atoms with Gasteiger partial charge < -0.3 is 10.1 Å². The minimum Gasteiger partial charge on any atom is -0.454 e. The second-order valence-corrected chi connectivity index (χ2v) is 5.50. The molecule has 0 unspecified atom stereocenters. The van der Waals surface area contributed by atoms with Crippen molar-refractivity contribution in [3.8, 4) is 11.5 Å². The fourth-order valence-corrected chi connectivity index (χ4v) is 1.85. The first-order chi connectivity index (χ1) is 9.56. The lowest BCUT2D eigenvalue weighted by atomic mass is 10.2. The monoisotopic (exact) mass is 273 g/mol. The molecule has 0 saturated carbocycles. The largest absolute Gasteiger partial charge is 0.454 e. The number of nitrogens with one attached hydrogen (secondary N) is 1. The maximum Gasteiger partial charge on any atom is 0.165 e. The summed E-state index contributed by atoms with van der Waals surface area (Å²) in [7, 11) is 0. The first-order valence-corrected chi connectivity index (χ1v) is 7.09. The van der Waals surface area contributed by atoms with Crippen LogP contribution in [-0.4, -0.2) is 15.8 Å². The van der Waals surface area contributed by atoms with E-state index in [0.717, 1.165) is 23.6 Å². The molecule has 1 heterocycles. The maximum atomic E-state index is 5.95. The first kappa shape index (κ1) is 14.6. The minimum atomic E-state index is 0.338. The summed E-state index contributed by atoms with van der Waals surface area (Å²) in [6, 6.07) is 8.88. The Morgan fingerprint density at radius 3 is 2.60 bits per heavy atom. The summed E-state index contributed by atoms with van der Waals surface area (Å²) in [6.45, 7) is 9.26. The summed E-state index contributed by atoms with van der Waals surface area (Å²) in [5.41, 5.74) is 1.15. The number of hydrogen-bond acceptors (Lipinski definition) is 3. The van der Waals surface area contributed by atoms with Crippen molar-refractivity contribution < 1.29 is 4.74 Å². The Hall–Kier alpha value is -1.81. The standard InChI is InChI=1S/C16H23N3O/c1-12(2)17-9-14-7-5-6-8-16(14)20-15-10-18-19(11-15)13(3)4/h5-8,10-13,17H,9H2,1-4H3. The van der Waals surface area contributed by atoms with Crippen LogP contribution in [0.1, 0.15) is 39.3 Å². The smallest absolute Gasteiger partial charge is 0.165 e. The normalized spacial score (nSPS) is 11.3. The second kappa shape index (κ2) is 6.57. The van der Waals surface area contributed by atoms with Gasteiger partial charge in [0.15, 0.2) is 5.75 Å². The molecule has 108 valence electrons. The molecule has 0 saturated heterocycles. The average molecular weight is 273 g/mol. The molecule has 4 heteroatoms. The summed E-state index contributed by atoms with van der Waals surface area (Å²) in [5.74, 6) is 1.65. The van der Waals surface area contributed by atoms with E-state index in [0.29, 0.717) is 12.1 Å². The molecule has 0 aliphatic heterocycles. The zero-order valence-corrected chi connectivity index (χ0v) is 12.6. The van der Waals surface area contributed by atoms with Crippen molar-refractivity contribution >= 4 is 0 Å². The zero-order chi connectivity index (χ0) is 14.5. The van der Waals surface area contributed by atoms with Crippen molar-refractivity contribution in [3.05, 3.63) is 42.2 Å². The first-order valence-electron chi connectivity index (χ1n) is 7.09. The highest BCUT2D eigenvalue weighted by molar-refractivity contribution is 5.36. The Morgan fingerprint density at radius 2 is 1.95 bits per heavy atom. The second-order valence-electron chi connectivity index (χ2n) is 5.50. The van der Waals surface area contributed by atoms with Crippen molar-refractivity contribution in [2.45, 2.75) is 46.3 Å². The molecule has 0 atom stereocenters. The Morgan fingerprint density at radius 1 is 1.20 bits per heavy atom. The Balaban J connectivity index is 2.11. The number of nitrogens with zero attached hydrogens (tertiary/aromatic N) is 2. The van der Waals surface area contributed by atoms with Gasteiger partial charge in [-0.3, -0.25) is 4.68 Å². The summed E-state index contributed by atoms with van der Waals surface area (Å²) < 4.78 is 7.84. The van der Waals surface area contributed by atoms with Crippen LogP contribution < -0.4 is 10.1 Å². The third-order valence-electron chi connectivity index (χ3n) is 3.01. The third-order valence-corrected chi connectivity index (χ3v) is 3.01. The van der Waals surface area contributed by atoms with Gasteiger partial charge in [-0.15, -0.1) is 0 Å². The van der Waals surface area contributed by atoms with Gasteiger partial charge in [0.25, 0.3) is 0 Å². The molecule has 0 fully saturated rings. The fourth-order valence-electron chi connectivity index (χ4n) is 1.85. The molecular weight excluding hydrogens is 250 g/mol. The van der Waals surface area contributed by atoms with Crippen LogP contribution in [0.5, 0.6) is 11.5 Å². The number of rotatable bonds is 6. The molecule has 0 radical (unpaired) electrons. The van der Waals surface area contributed by atoms with E-state index in [-0.39, 0.29) is 0 Å². The lowest BCUT2D eigenvalue weighted by Crippen LogP contribution is -2.22. The highest BCUT2D eigenvalue weighted by Crippen LogP contribution is 2.25. The Kier molecular flexibility index (Phi) is 4.79. The number of aromatic nitrogens is 2. The fraction of sp³-hybridized carbons (Fsp3) is 0.438. The van der Waals surface area contributed by atoms with Crippen LogP contribution in [0.3, 0.4) is 0 Å². The van der Waals surface area contributed by atoms with Gasteiger partial charge in [0.1, 0.15) is 5.75 Å². The van der Waals surface area contributed by atoms with Gasteiger partial charge >= 0.3 is 0 Å². The summed E-state index contributed by atoms with van der Waals surface area (Å²) in [6.07, 6.45) is 3.68. The van der Waals surface area contributed by atoms with Gasteiger partial charge in [0.05, 0.1) is 12.4 Å². The Labute approximate surface area is 120 Å². The van der Waals surface area contributed by atoms with E-state index in [2.05, 4.69) is 44.2 Å². The molecule has 0 bridgehead atoms. The van der Waals surface area contributed by atoms with Crippen LogP contribution in [0.2, 0.25) is 0 Å². The zero-order valence-electron chi connectivity index (χ0n) is 12.6. The third kappa shape index (κ3) is 3.84. The van der Waals surface area contributed by atoms with Crippen LogP contribution in [0.25, 0.3) is 0 Å². The van der Waals surface area contributed by atoms with Crippen LogP contribution >= 0.6 is 0 Å². The molecule has 0 amide bonds. The van der Waals surface area contributed by atoms with Crippen LogP contribution in [0.15, 0.2) is 36.7 Å². The number of benzene rings is 1. The van der Waals surface area contributed by atoms with Gasteiger partial charge in [0, 0.05) is 24.2 Å². The lowest BCUT2D eigenvalue weighted by Gasteiger charge is -2.12. The number of ether oxygens (including phenoxy) is 1. The van der Waals surface area contributed by atoms with Crippen molar-refractivity contribution in [3.63, 3.8) is 0 Å². The van der Waals surface area contributed by atoms with Gasteiger partial charge in [-0.2, -0.15) is 5.10 Å². The minimum absolute atomic E-state index is 0.338. The van der Waals surface area contributed by atoms with Crippen LogP contribution in [0, 0.1) is 0 Å². The SMILES string of the molecule is CC(C)NCc1ccccc1Oc1cnn(C(C)C)c1. The maximum absolute atomic E-state index is 5.95. The van der Waals surface area contributed by atoms with Crippen molar-refractivity contribution in [2.24, 2.45) is 0 Å². The molecule has 0 aliphatic rings. The molecular formula is C16H23N3O. The van der Waals surface area contributed by atoms with E-state index in [1.807, 2.05) is 29.1 Å². The molecule has 20 heavy (non-hydrogen) atoms. The molecule has 2 rings (SSSR count). The van der Waals surface area contributed by atoms with Crippen molar-refractivity contribution in [1.82, 2.24) is 15.1 Å². The summed E-state index contributed by atoms with van der Waals surface area (Å²) in [4.78, 5) is 0. The molecule has 2 aromatic rings. The van der Waals surface area contributed by atoms with E-state index in [4.69, 9.17) is 4.74 Å². The van der Waals surface area contributed by atoms with E-state index in [1.54, 1.807) is 6.20 Å². The quantitative estimate of drug-likeness (QED) is 0.871. The highest BCUT2D eigenvalue weighted by atomic mass is 16.5. The Bertz CT molecular complexity index is 546. The van der Waals surface area contributed by atoms with E-state index in [9.17, 15) is 0 Å². The molecule has 0 spiro atoms. The molecule has 1 aromatic carbocycles. The highest BCUT2D eigenvalue weighted by Gasteiger charge is 2.07. The van der Waals surface area contributed by atoms with Crippen molar-refractivity contribution in [1.29, 1.82) is 0 Å². The lowest BCUT2D eigenvalue weighted by molar-refractivity contribution is 0.465. The predicted octanol–water partition coefficient (Wildman–Crippen LogP) is 3.75. The summed E-state index contributed by atoms with van der Waals surface area (Å²) >= 11 is 0. The van der Waals surface area contributed by atoms with Crippen LogP contribution in [-0.2, 0) is 6.54 Å². The average Bonchev–Trinajstić information content (AvgIpc) is 2.86. The van der Waals surface area contributed by atoms with Gasteiger partial charge in [-0.05, 0) is 19.9 Å². The topological polar surface area (TPSA) is 39.1 Å². The molecule has 0 aliphatic carbocycles. The number of hydrogen-bond donors (Lipinski definition) is 1. The number of para-hydroxylation sites is 1. The summed E-state index contributed by atoms with van der Waals surface area (Å²) in [5, 5.41) is 7.70. The molecule has 1 aromatic heterocycles. The van der Waals surface area contributed by atoms with E-state index >= 15 is 0 Å². The van der Waals surface area contributed by atoms with E-state index < -0.39 is 0 Å². The van der Waals surface area contributed by atoms with Gasteiger partial charge in [-0.1, -0.05) is 32.0 Å². The van der Waals surface area contributed by atoms with Gasteiger partial charge in [-0.25, -0.2) is 0 Å². The molecule has 4 nitrogen and oxygen atoms in total. The molecule has 1 N–H and O–H groups in total.